The third-order valence-electron chi connectivity index (χ3n) is 14.1. The second-order valence-electron chi connectivity index (χ2n) is 18.3. The molecule has 418 valence electrons. The highest BCUT2D eigenvalue weighted by Crippen LogP contribution is 2.51. The number of halogens is 18. The van der Waals surface area contributed by atoms with Gasteiger partial charge in [-0.2, -0.15) is 0 Å². The van der Waals surface area contributed by atoms with Gasteiger partial charge in [-0.15, -0.1) is 0 Å². The molecule has 2 aromatic heterocycles. The smallest absolute Gasteiger partial charge is 0.269 e. The molecule has 0 spiro atoms. The van der Waals surface area contributed by atoms with E-state index in [1.165, 1.54) is 0 Å². The van der Waals surface area contributed by atoms with Gasteiger partial charge in [0.05, 0.1) is 93.9 Å². The SMILES string of the molecule is O=C1C(c2ccc3c(N4C(=O)c5c(F)c(F)c(F)c(F)c5C4=O)c(Cc4cc(Cl)c5nc(C6=C(O)c7c(F)c(F)c(F)c(F)c7C6O)ccc5c4N4C(=O)c5c(F)c(F)c(F)c(F)c5C4=O)cc(Cl)c3n2)=C(O)c2c(F)c(F)c(F)c(F)c21. The van der Waals surface area contributed by atoms with Crippen LogP contribution in [0.15, 0.2) is 36.4 Å². The lowest BCUT2D eigenvalue weighted by Crippen LogP contribution is -2.32. The van der Waals surface area contributed by atoms with E-state index in [-0.39, 0.29) is 9.80 Å². The van der Waals surface area contributed by atoms with Crippen LogP contribution >= 0.6 is 23.2 Å². The molecule has 12 rings (SSSR count). The Balaban J connectivity index is 1.11. The molecule has 1 unspecified atom stereocenters. The van der Waals surface area contributed by atoms with Gasteiger partial charge >= 0.3 is 0 Å². The van der Waals surface area contributed by atoms with Gasteiger partial charge in [-0.25, -0.2) is 90.0 Å². The Morgan fingerprint density at radius 2 is 0.759 bits per heavy atom. The van der Waals surface area contributed by atoms with Crippen molar-refractivity contribution < 1.29 is 110 Å². The summed E-state index contributed by atoms with van der Waals surface area (Å²) in [5.74, 6) is -51.6. The molecule has 4 heterocycles. The number of Topliss-reactive ketones (excluding diaryl/α,β-unsaturated/α-hetero) is 1. The fraction of sp³-hybridized carbons (Fsp3) is 0.0377. The number of aliphatic hydroxyl groups excluding tert-OH is 3. The van der Waals surface area contributed by atoms with E-state index in [1.807, 2.05) is 0 Å². The van der Waals surface area contributed by atoms with Gasteiger partial charge in [0.25, 0.3) is 23.6 Å². The summed E-state index contributed by atoms with van der Waals surface area (Å²) in [4.78, 5) is 78.7. The molecule has 12 nitrogen and oxygen atoms in total. The molecule has 0 saturated heterocycles. The molecule has 30 heteroatoms. The normalized spacial score (nSPS) is 15.7. The van der Waals surface area contributed by atoms with Crippen LogP contribution in [0.1, 0.15) is 97.1 Å². The van der Waals surface area contributed by atoms with Crippen molar-refractivity contribution in [1.82, 2.24) is 9.97 Å². The van der Waals surface area contributed by atoms with Crippen molar-refractivity contribution in [2.75, 3.05) is 9.80 Å². The largest absolute Gasteiger partial charge is 0.507 e. The summed E-state index contributed by atoms with van der Waals surface area (Å²) < 4.78 is 239. The monoisotopic (exact) mass is 1210 g/mol. The van der Waals surface area contributed by atoms with Gasteiger partial charge in [-0.1, -0.05) is 23.2 Å². The molecule has 2 aliphatic carbocycles. The lowest BCUT2D eigenvalue weighted by molar-refractivity contribution is 0.0908. The summed E-state index contributed by atoms with van der Waals surface area (Å²) in [6, 6.07) is 4.27. The molecular weight excluding hydrogens is 1200 g/mol. The van der Waals surface area contributed by atoms with Gasteiger partial charge < -0.3 is 15.3 Å². The van der Waals surface area contributed by atoms with E-state index in [1.54, 1.807) is 0 Å². The molecule has 4 amide bonds. The van der Waals surface area contributed by atoms with Gasteiger partial charge in [0.2, 0.25) is 5.78 Å². The molecule has 0 saturated carbocycles. The number of pyridine rings is 2. The summed E-state index contributed by atoms with van der Waals surface area (Å²) in [5.41, 5.74) is -21.5. The van der Waals surface area contributed by atoms with Gasteiger partial charge in [0.15, 0.2) is 93.1 Å². The summed E-state index contributed by atoms with van der Waals surface area (Å²) in [5, 5.41) is 30.3. The Labute approximate surface area is 455 Å². The molecule has 3 N–H and O–H groups in total. The van der Waals surface area contributed by atoms with E-state index in [0.29, 0.717) is 24.3 Å². The fourth-order valence-electron chi connectivity index (χ4n) is 10.5. The number of aromatic nitrogens is 2. The summed E-state index contributed by atoms with van der Waals surface area (Å²) in [7, 11) is 0. The van der Waals surface area contributed by atoms with Gasteiger partial charge in [0.1, 0.15) is 17.6 Å². The standard InChI is InChI=1S/C53H12Cl2F16N4O8/c54-12-6-8(44(74-50(80)22-23(51(74)81)31(61)39(69)38(68)30(22)60)10-1-3-14(72-42(10)12)16-46(76)18-19(47(16)77)27(57)35(65)34(64)26(18)56)5-9-7-13(55)43-11(45(9)75-52(82)24-25(53(75)83)33(63)41(71)40(70)32(24)62)2-4-15(73-43)17-48(78)20-21(49(17)79)29(59)37(67)36(66)28(20)58/h1-4,6-7,46,76-78H,5H2. The molecule has 2 aliphatic heterocycles. The average Bonchev–Trinajstić information content (AvgIpc) is 2.67. The van der Waals surface area contributed by atoms with Gasteiger partial charge in [-0.3, -0.25) is 24.0 Å². The van der Waals surface area contributed by atoms with E-state index in [2.05, 4.69) is 9.97 Å². The Hall–Kier alpha value is -9.41. The van der Waals surface area contributed by atoms with Crippen LogP contribution in [-0.2, 0) is 6.42 Å². The van der Waals surface area contributed by atoms with Crippen LogP contribution < -0.4 is 9.80 Å². The highest BCUT2D eigenvalue weighted by Gasteiger charge is 2.49. The second kappa shape index (κ2) is 18.0. The third-order valence-corrected chi connectivity index (χ3v) is 14.6. The lowest BCUT2D eigenvalue weighted by Gasteiger charge is -2.25. The number of fused-ring (bicyclic) bond motifs is 6. The van der Waals surface area contributed by atoms with Crippen LogP contribution in [-0.4, -0.2) is 54.7 Å². The number of anilines is 2. The first-order chi connectivity index (χ1) is 39.1. The maximum absolute atomic E-state index is 15.6. The third kappa shape index (κ3) is 6.92. The Morgan fingerprint density at radius 1 is 0.422 bits per heavy atom. The topological polar surface area (TPSA) is 178 Å². The zero-order valence-electron chi connectivity index (χ0n) is 39.2. The minimum Gasteiger partial charge on any atom is -0.507 e. The molecule has 0 bridgehead atoms. The zero-order valence-corrected chi connectivity index (χ0v) is 40.7. The lowest BCUT2D eigenvalue weighted by atomic mass is 9.95. The maximum atomic E-state index is 15.6. The Bertz CT molecular complexity index is 4620. The number of hydrogen-bond acceptors (Lipinski definition) is 10. The number of nitrogens with zero attached hydrogens (tertiary/aromatic N) is 4. The van der Waals surface area contributed by atoms with Crippen molar-refractivity contribution in [2.45, 2.75) is 12.5 Å². The number of rotatable bonds is 6. The fourth-order valence-corrected chi connectivity index (χ4v) is 11.0. The number of carbonyl (C=O) groups is 5. The predicted octanol–water partition coefficient (Wildman–Crippen LogP) is 12.6. The maximum Gasteiger partial charge on any atom is 0.269 e. The molecule has 1 atom stereocenters. The molecule has 0 fully saturated rings. The quantitative estimate of drug-likeness (QED) is 0.0628. The van der Waals surface area contributed by atoms with Crippen LogP contribution in [0, 0.1) is 93.1 Å². The molecule has 6 aromatic carbocycles. The van der Waals surface area contributed by atoms with Crippen molar-refractivity contribution in [3.8, 4) is 0 Å². The minimum absolute atomic E-state index is 0.132. The first kappa shape index (κ1) is 54.2. The van der Waals surface area contributed by atoms with Crippen molar-refractivity contribution >= 4 is 108 Å². The van der Waals surface area contributed by atoms with Crippen LogP contribution in [0.2, 0.25) is 10.0 Å². The van der Waals surface area contributed by atoms with Gasteiger partial charge in [-0.05, 0) is 47.5 Å². The summed E-state index contributed by atoms with van der Waals surface area (Å²) >= 11 is 13.5. The number of hydrogen-bond donors (Lipinski definition) is 3. The van der Waals surface area contributed by atoms with Gasteiger partial charge in [0, 0.05) is 22.8 Å². The highest BCUT2D eigenvalue weighted by atomic mass is 35.5. The average molecular weight is 1210 g/mol. The summed E-state index contributed by atoms with van der Waals surface area (Å²) in [6.07, 6.45) is -3.74. The number of benzene rings is 6. The Morgan fingerprint density at radius 3 is 1.17 bits per heavy atom. The number of amides is 4. The Kier molecular flexibility index (Phi) is 11.8. The first-order valence-corrected chi connectivity index (χ1v) is 23.4. The van der Waals surface area contributed by atoms with E-state index in [9.17, 15) is 74.4 Å². The number of carbonyl (C=O) groups excluding carboxylic acids is 5. The van der Waals surface area contributed by atoms with E-state index < -0.39 is 268 Å². The summed E-state index contributed by atoms with van der Waals surface area (Å²) in [6.45, 7) is 0. The van der Waals surface area contributed by atoms with Crippen molar-refractivity contribution in [2.24, 2.45) is 0 Å². The van der Waals surface area contributed by atoms with E-state index >= 15 is 35.1 Å². The molecular formula is C53H12Cl2F16N4O8. The van der Waals surface area contributed by atoms with E-state index in [0.717, 1.165) is 12.1 Å². The van der Waals surface area contributed by atoms with Crippen molar-refractivity contribution in [3.63, 3.8) is 0 Å². The van der Waals surface area contributed by atoms with Crippen molar-refractivity contribution in [1.29, 1.82) is 0 Å². The van der Waals surface area contributed by atoms with Crippen LogP contribution in [0.25, 0.3) is 44.5 Å². The number of imide groups is 2. The minimum atomic E-state index is -2.61. The predicted molar refractivity (Wildman–Crippen MR) is 252 cm³/mol. The molecule has 83 heavy (non-hydrogen) atoms. The highest BCUT2D eigenvalue weighted by molar-refractivity contribution is 6.42. The van der Waals surface area contributed by atoms with Crippen LogP contribution in [0.4, 0.5) is 81.6 Å². The number of ketones is 1. The molecule has 0 radical (unpaired) electrons. The first-order valence-electron chi connectivity index (χ1n) is 22.6. The molecule has 8 aromatic rings. The molecule has 4 aliphatic rings. The number of aliphatic hydroxyl groups is 3. The van der Waals surface area contributed by atoms with Crippen LogP contribution in [0.5, 0.6) is 0 Å². The van der Waals surface area contributed by atoms with E-state index in [4.69, 9.17) is 23.2 Å². The number of allylic oxidation sites excluding steroid dienone is 1. The van der Waals surface area contributed by atoms with Crippen LogP contribution in [0.3, 0.4) is 0 Å². The second-order valence-corrected chi connectivity index (χ2v) is 19.1. The van der Waals surface area contributed by atoms with Crippen molar-refractivity contribution in [3.05, 3.63) is 207 Å². The zero-order chi connectivity index (χ0) is 60.1.